The first-order valence-corrected chi connectivity index (χ1v) is 7.03. The number of likely N-dealkylation sites (tertiary alicyclic amines) is 1. The van der Waals surface area contributed by atoms with Gasteiger partial charge in [0.15, 0.2) is 0 Å². The maximum atomic E-state index is 12.2. The minimum absolute atomic E-state index is 0.0501. The predicted molar refractivity (Wildman–Crippen MR) is 78.8 cm³/mol. The minimum atomic E-state index is -1.20. The van der Waals surface area contributed by atoms with Gasteiger partial charge in [-0.05, 0) is 25.5 Å². The first-order chi connectivity index (χ1) is 9.90. The molecule has 1 aliphatic rings. The Hall–Kier alpha value is -1.79. The molecule has 1 aromatic carbocycles. The van der Waals surface area contributed by atoms with Crippen molar-refractivity contribution in [3.63, 3.8) is 0 Å². The van der Waals surface area contributed by atoms with E-state index in [1.807, 2.05) is 0 Å². The summed E-state index contributed by atoms with van der Waals surface area (Å²) < 4.78 is 0. The zero-order valence-corrected chi connectivity index (χ0v) is 12.3. The van der Waals surface area contributed by atoms with Gasteiger partial charge in [-0.15, -0.1) is 0 Å². The number of carboxylic acids is 1. The van der Waals surface area contributed by atoms with Crippen molar-refractivity contribution in [1.82, 2.24) is 4.90 Å². The Labute approximate surface area is 127 Å². The van der Waals surface area contributed by atoms with Gasteiger partial charge in [-0.25, -0.2) is 9.59 Å². The molecule has 21 heavy (non-hydrogen) atoms. The van der Waals surface area contributed by atoms with E-state index in [1.165, 1.54) is 12.1 Å². The van der Waals surface area contributed by atoms with Crippen molar-refractivity contribution in [2.24, 2.45) is 5.92 Å². The Morgan fingerprint density at radius 3 is 2.76 bits per heavy atom. The lowest BCUT2D eigenvalue weighted by Crippen LogP contribution is -2.34. The quantitative estimate of drug-likeness (QED) is 0.798. The smallest absolute Gasteiger partial charge is 0.339 e. The zero-order chi connectivity index (χ0) is 15.6. The molecule has 0 saturated carbocycles. The molecule has 1 fully saturated rings. The highest BCUT2D eigenvalue weighted by atomic mass is 35.5. The van der Waals surface area contributed by atoms with Crippen LogP contribution in [-0.4, -0.2) is 46.3 Å². The summed E-state index contributed by atoms with van der Waals surface area (Å²) in [5, 5.41) is 21.3. The molecule has 1 saturated heterocycles. The summed E-state index contributed by atoms with van der Waals surface area (Å²) in [7, 11) is 0. The average Bonchev–Trinajstić information content (AvgIpc) is 2.88. The van der Waals surface area contributed by atoms with Crippen LogP contribution in [0, 0.1) is 5.92 Å². The fraction of sp³-hybridized carbons (Fsp3) is 0.429. The summed E-state index contributed by atoms with van der Waals surface area (Å²) in [5.41, 5.74) is 0.0410. The fourth-order valence-electron chi connectivity index (χ4n) is 2.41. The number of nitrogens with zero attached hydrogens (tertiary/aromatic N) is 1. The van der Waals surface area contributed by atoms with Crippen LogP contribution in [0.15, 0.2) is 18.2 Å². The molecule has 114 valence electrons. The van der Waals surface area contributed by atoms with Crippen molar-refractivity contribution >= 4 is 29.3 Å². The normalized spacial score (nSPS) is 19.4. The fourth-order valence-corrected chi connectivity index (χ4v) is 2.66. The molecule has 0 spiro atoms. The van der Waals surface area contributed by atoms with Crippen LogP contribution in [0.2, 0.25) is 5.02 Å². The number of nitrogens with one attached hydrogen (secondary N) is 1. The molecule has 0 aromatic heterocycles. The molecule has 2 atom stereocenters. The van der Waals surface area contributed by atoms with Gasteiger partial charge < -0.3 is 20.4 Å². The van der Waals surface area contributed by atoms with Crippen molar-refractivity contribution in [1.29, 1.82) is 0 Å². The number of carboxylic acid groups (broad SMARTS) is 1. The Morgan fingerprint density at radius 2 is 2.19 bits per heavy atom. The van der Waals surface area contributed by atoms with Crippen molar-refractivity contribution in [3.05, 3.63) is 28.8 Å². The summed E-state index contributed by atoms with van der Waals surface area (Å²) in [5.74, 6) is -1.15. The molecule has 0 aliphatic carbocycles. The highest BCUT2D eigenvalue weighted by Crippen LogP contribution is 2.26. The van der Waals surface area contributed by atoms with E-state index in [-0.39, 0.29) is 28.2 Å². The number of hydrogen-bond donors (Lipinski definition) is 3. The van der Waals surface area contributed by atoms with Crippen LogP contribution in [0.1, 0.15) is 23.7 Å². The molecular formula is C14H17ClN2O4. The standard InChI is InChI=1S/C14H17ClN2O4/c1-8(18)9-5-6-17(7-9)14(21)16-11-4-2-3-10(15)12(11)13(19)20/h2-4,8-9,18H,5-7H2,1H3,(H,16,21)(H,19,20). The SMILES string of the molecule is CC(O)C1CCN(C(=O)Nc2cccc(Cl)c2C(=O)O)C1. The third-order valence-electron chi connectivity index (χ3n) is 3.66. The van der Waals surface area contributed by atoms with E-state index in [1.54, 1.807) is 17.9 Å². The van der Waals surface area contributed by atoms with Gasteiger partial charge in [0.05, 0.1) is 16.8 Å². The summed E-state index contributed by atoms with van der Waals surface area (Å²) in [6.45, 7) is 2.68. The number of aliphatic hydroxyl groups is 1. The Kier molecular flexibility index (Phi) is 4.69. The van der Waals surface area contributed by atoms with Crippen LogP contribution >= 0.6 is 11.6 Å². The molecule has 2 amide bonds. The number of amides is 2. The Morgan fingerprint density at radius 1 is 1.48 bits per heavy atom. The van der Waals surface area contributed by atoms with E-state index in [2.05, 4.69) is 5.32 Å². The van der Waals surface area contributed by atoms with Crippen LogP contribution in [0.4, 0.5) is 10.5 Å². The second kappa shape index (κ2) is 6.32. The average molecular weight is 313 g/mol. The van der Waals surface area contributed by atoms with Crippen LogP contribution in [-0.2, 0) is 0 Å². The van der Waals surface area contributed by atoms with Gasteiger partial charge in [0, 0.05) is 19.0 Å². The molecule has 2 rings (SSSR count). The van der Waals surface area contributed by atoms with Gasteiger partial charge in [0.1, 0.15) is 5.56 Å². The molecule has 6 nitrogen and oxygen atoms in total. The van der Waals surface area contributed by atoms with E-state index in [9.17, 15) is 14.7 Å². The minimum Gasteiger partial charge on any atom is -0.478 e. The van der Waals surface area contributed by atoms with Crippen LogP contribution in [0.25, 0.3) is 0 Å². The number of hydrogen-bond acceptors (Lipinski definition) is 3. The number of halogens is 1. The van der Waals surface area contributed by atoms with E-state index in [0.717, 1.165) is 6.42 Å². The van der Waals surface area contributed by atoms with Gasteiger partial charge in [0.25, 0.3) is 0 Å². The molecule has 1 aliphatic heterocycles. The molecule has 7 heteroatoms. The topological polar surface area (TPSA) is 89.9 Å². The first-order valence-electron chi connectivity index (χ1n) is 6.66. The van der Waals surface area contributed by atoms with Crippen molar-refractivity contribution < 1.29 is 19.8 Å². The first kappa shape index (κ1) is 15.6. The maximum Gasteiger partial charge on any atom is 0.339 e. The molecule has 2 unspecified atom stereocenters. The number of carbonyl (C=O) groups excluding carboxylic acids is 1. The number of aromatic carboxylic acids is 1. The predicted octanol–water partition coefficient (Wildman–Crippen LogP) is 2.27. The Balaban J connectivity index is 2.11. The summed E-state index contributed by atoms with van der Waals surface area (Å²) in [4.78, 5) is 24.9. The van der Waals surface area contributed by atoms with Crippen LogP contribution < -0.4 is 5.32 Å². The maximum absolute atomic E-state index is 12.2. The molecule has 3 N–H and O–H groups in total. The lowest BCUT2D eigenvalue weighted by atomic mass is 10.0. The van der Waals surface area contributed by atoms with Crippen molar-refractivity contribution in [2.75, 3.05) is 18.4 Å². The largest absolute Gasteiger partial charge is 0.478 e. The number of rotatable bonds is 3. The molecule has 1 aromatic rings. The number of urea groups is 1. The second-order valence-electron chi connectivity index (χ2n) is 5.13. The van der Waals surface area contributed by atoms with Gasteiger partial charge >= 0.3 is 12.0 Å². The van der Waals surface area contributed by atoms with Gasteiger partial charge in [0.2, 0.25) is 0 Å². The molecule has 1 heterocycles. The van der Waals surface area contributed by atoms with E-state index < -0.39 is 12.1 Å². The lowest BCUT2D eigenvalue weighted by Gasteiger charge is -2.19. The number of anilines is 1. The van der Waals surface area contributed by atoms with Crippen LogP contribution in [0.3, 0.4) is 0 Å². The summed E-state index contributed by atoms with van der Waals surface area (Å²) in [6.07, 6.45) is 0.260. The Bertz CT molecular complexity index is 562. The highest BCUT2D eigenvalue weighted by Gasteiger charge is 2.29. The third kappa shape index (κ3) is 3.46. The molecular weight excluding hydrogens is 296 g/mol. The summed E-state index contributed by atoms with van der Waals surface area (Å²) >= 11 is 5.85. The van der Waals surface area contributed by atoms with E-state index in [4.69, 9.17) is 16.7 Å². The zero-order valence-electron chi connectivity index (χ0n) is 11.5. The number of benzene rings is 1. The van der Waals surface area contributed by atoms with Crippen LogP contribution in [0.5, 0.6) is 0 Å². The molecule has 0 bridgehead atoms. The number of carbonyl (C=O) groups is 2. The van der Waals surface area contributed by atoms with E-state index >= 15 is 0 Å². The second-order valence-corrected chi connectivity index (χ2v) is 5.54. The monoisotopic (exact) mass is 312 g/mol. The number of aliphatic hydroxyl groups excluding tert-OH is 1. The summed E-state index contributed by atoms with van der Waals surface area (Å²) in [6, 6.07) is 4.14. The van der Waals surface area contributed by atoms with Crippen molar-refractivity contribution in [2.45, 2.75) is 19.4 Å². The van der Waals surface area contributed by atoms with Crippen molar-refractivity contribution in [3.8, 4) is 0 Å². The lowest BCUT2D eigenvalue weighted by molar-refractivity contribution is 0.0698. The van der Waals surface area contributed by atoms with Gasteiger partial charge in [-0.1, -0.05) is 17.7 Å². The van der Waals surface area contributed by atoms with E-state index in [0.29, 0.717) is 13.1 Å². The highest BCUT2D eigenvalue weighted by molar-refractivity contribution is 6.34. The van der Waals surface area contributed by atoms with Gasteiger partial charge in [-0.2, -0.15) is 0 Å². The van der Waals surface area contributed by atoms with Gasteiger partial charge in [-0.3, -0.25) is 0 Å². The third-order valence-corrected chi connectivity index (χ3v) is 3.98. The molecule has 0 radical (unpaired) electrons.